The van der Waals surface area contributed by atoms with Gasteiger partial charge in [-0.05, 0) is 25.7 Å². The summed E-state index contributed by atoms with van der Waals surface area (Å²) in [5, 5.41) is 4.31. The first-order valence-corrected chi connectivity index (χ1v) is 8.72. The first-order valence-electron chi connectivity index (χ1n) is 7.01. The monoisotopic (exact) mass is 328 g/mol. The van der Waals surface area contributed by atoms with Gasteiger partial charge in [0.05, 0.1) is 16.9 Å². The van der Waals surface area contributed by atoms with E-state index in [4.69, 9.17) is 0 Å². The van der Waals surface area contributed by atoms with Gasteiger partial charge < -0.3 is 10.6 Å². The van der Waals surface area contributed by atoms with Crippen LogP contribution in [-0.4, -0.2) is 44.2 Å². The summed E-state index contributed by atoms with van der Waals surface area (Å²) in [6.45, 7) is 0.0174. The molecule has 2 aliphatic rings. The van der Waals surface area contributed by atoms with Crippen LogP contribution in [0, 0.1) is 5.92 Å². The number of carbonyl (C=O) groups is 1. The SMILES string of the molecule is O=C(NC[C@H]1CCCCS1(=O)=O)NC1CC(C(F)(F)F)C1. The molecule has 1 atom stereocenters. The molecule has 0 radical (unpaired) electrons. The second-order valence-electron chi connectivity index (χ2n) is 5.75. The van der Waals surface area contributed by atoms with Gasteiger partial charge in [0.1, 0.15) is 0 Å². The predicted octanol–water partition coefficient (Wildman–Crippen LogP) is 1.59. The lowest BCUT2D eigenvalue weighted by Gasteiger charge is -2.36. The Labute approximate surface area is 121 Å². The molecule has 122 valence electrons. The Kier molecular flexibility index (Phi) is 4.69. The highest BCUT2D eigenvalue weighted by molar-refractivity contribution is 7.92. The fourth-order valence-electron chi connectivity index (χ4n) is 2.70. The lowest BCUT2D eigenvalue weighted by atomic mass is 9.80. The van der Waals surface area contributed by atoms with Crippen LogP contribution in [0.1, 0.15) is 32.1 Å². The van der Waals surface area contributed by atoms with E-state index >= 15 is 0 Å². The fraction of sp³-hybridized carbons (Fsp3) is 0.917. The minimum Gasteiger partial charge on any atom is -0.337 e. The van der Waals surface area contributed by atoms with E-state index in [1.807, 2.05) is 0 Å². The molecule has 2 N–H and O–H groups in total. The molecule has 21 heavy (non-hydrogen) atoms. The second-order valence-corrected chi connectivity index (χ2v) is 8.15. The van der Waals surface area contributed by atoms with Crippen LogP contribution in [0.3, 0.4) is 0 Å². The van der Waals surface area contributed by atoms with E-state index in [0.29, 0.717) is 12.8 Å². The lowest BCUT2D eigenvalue weighted by molar-refractivity contribution is -0.198. The summed E-state index contributed by atoms with van der Waals surface area (Å²) in [4.78, 5) is 11.6. The molecule has 2 amide bonds. The van der Waals surface area contributed by atoms with E-state index in [1.54, 1.807) is 0 Å². The number of hydrogen-bond donors (Lipinski definition) is 2. The van der Waals surface area contributed by atoms with E-state index in [2.05, 4.69) is 10.6 Å². The van der Waals surface area contributed by atoms with Gasteiger partial charge in [-0.2, -0.15) is 13.2 Å². The molecule has 0 aromatic carbocycles. The fourth-order valence-corrected chi connectivity index (χ4v) is 4.50. The van der Waals surface area contributed by atoms with Crippen LogP contribution in [0.2, 0.25) is 0 Å². The van der Waals surface area contributed by atoms with Crippen LogP contribution < -0.4 is 10.6 Å². The minimum atomic E-state index is -4.20. The Morgan fingerprint density at radius 1 is 1.19 bits per heavy atom. The number of hydrogen-bond acceptors (Lipinski definition) is 3. The Balaban J connectivity index is 1.69. The zero-order valence-corrected chi connectivity index (χ0v) is 12.3. The largest absolute Gasteiger partial charge is 0.391 e. The standard InChI is InChI=1S/C12H19F3N2O3S/c13-12(14,15)8-5-9(6-8)17-11(18)16-7-10-3-1-2-4-21(10,19)20/h8-10H,1-7H2,(H2,16,17,18)/t8?,9?,10-/m1/s1. The van der Waals surface area contributed by atoms with Crippen molar-refractivity contribution in [2.24, 2.45) is 5.92 Å². The number of rotatable bonds is 3. The average molecular weight is 328 g/mol. The van der Waals surface area contributed by atoms with Gasteiger partial charge in [0.25, 0.3) is 0 Å². The van der Waals surface area contributed by atoms with Gasteiger partial charge in [-0.25, -0.2) is 13.2 Å². The summed E-state index contributed by atoms with van der Waals surface area (Å²) in [5.74, 6) is -1.21. The van der Waals surface area contributed by atoms with Crippen LogP contribution in [0.4, 0.5) is 18.0 Å². The van der Waals surface area contributed by atoms with E-state index in [-0.39, 0.29) is 25.1 Å². The van der Waals surface area contributed by atoms with Gasteiger partial charge >= 0.3 is 12.2 Å². The Morgan fingerprint density at radius 2 is 1.86 bits per heavy atom. The molecule has 0 aromatic heterocycles. The first-order chi connectivity index (χ1) is 9.68. The van der Waals surface area contributed by atoms with Crippen molar-refractivity contribution in [1.29, 1.82) is 0 Å². The van der Waals surface area contributed by atoms with Crippen LogP contribution in [0.25, 0.3) is 0 Å². The molecular formula is C12H19F3N2O3S. The highest BCUT2D eigenvalue weighted by Crippen LogP contribution is 2.40. The van der Waals surface area contributed by atoms with Crippen LogP contribution >= 0.6 is 0 Å². The number of carbonyl (C=O) groups excluding carboxylic acids is 1. The highest BCUT2D eigenvalue weighted by Gasteiger charge is 2.48. The number of halogens is 3. The molecule has 1 heterocycles. The molecule has 0 unspecified atom stereocenters. The van der Waals surface area contributed by atoms with Crippen molar-refractivity contribution in [3.63, 3.8) is 0 Å². The van der Waals surface area contributed by atoms with E-state index < -0.39 is 39.3 Å². The molecule has 0 aromatic rings. The third-order valence-corrected chi connectivity index (χ3v) is 6.42. The summed E-state index contributed by atoms with van der Waals surface area (Å²) < 4.78 is 60.4. The molecular weight excluding hydrogens is 309 g/mol. The minimum absolute atomic E-state index is 0.0174. The third kappa shape index (κ3) is 4.24. The molecule has 0 bridgehead atoms. The number of nitrogens with one attached hydrogen (secondary N) is 2. The van der Waals surface area contributed by atoms with E-state index in [1.165, 1.54) is 0 Å². The molecule has 2 rings (SSSR count). The van der Waals surface area contributed by atoms with Crippen LogP contribution in [0.5, 0.6) is 0 Å². The van der Waals surface area contributed by atoms with Crippen molar-refractivity contribution in [1.82, 2.24) is 10.6 Å². The first kappa shape index (κ1) is 16.4. The van der Waals surface area contributed by atoms with Gasteiger partial charge in [-0.3, -0.25) is 0 Å². The van der Waals surface area contributed by atoms with E-state index in [0.717, 1.165) is 6.42 Å². The normalized spacial score (nSPS) is 32.0. The maximum Gasteiger partial charge on any atom is 0.391 e. The highest BCUT2D eigenvalue weighted by atomic mass is 32.2. The molecule has 1 saturated heterocycles. The molecule has 5 nitrogen and oxygen atoms in total. The van der Waals surface area contributed by atoms with Gasteiger partial charge in [0.2, 0.25) is 0 Å². The molecule has 1 saturated carbocycles. The predicted molar refractivity (Wildman–Crippen MR) is 70.5 cm³/mol. The summed E-state index contributed by atoms with van der Waals surface area (Å²) in [5.41, 5.74) is 0. The summed E-state index contributed by atoms with van der Waals surface area (Å²) in [7, 11) is -3.16. The second kappa shape index (κ2) is 6.02. The number of sulfone groups is 1. The molecule has 0 spiro atoms. The maximum absolute atomic E-state index is 12.3. The smallest absolute Gasteiger partial charge is 0.337 e. The van der Waals surface area contributed by atoms with Gasteiger partial charge in [0, 0.05) is 12.6 Å². The van der Waals surface area contributed by atoms with Crippen molar-refractivity contribution in [2.75, 3.05) is 12.3 Å². The third-order valence-electron chi connectivity index (χ3n) is 4.14. The zero-order chi connectivity index (χ0) is 15.7. The topological polar surface area (TPSA) is 75.3 Å². The lowest BCUT2D eigenvalue weighted by Crippen LogP contribution is -2.52. The zero-order valence-electron chi connectivity index (χ0n) is 11.4. The van der Waals surface area contributed by atoms with Crippen molar-refractivity contribution in [3.8, 4) is 0 Å². The number of alkyl halides is 3. The number of urea groups is 1. The molecule has 2 fully saturated rings. The molecule has 1 aliphatic heterocycles. The van der Waals surface area contributed by atoms with Crippen molar-refractivity contribution in [2.45, 2.75) is 49.6 Å². The molecule has 1 aliphatic carbocycles. The van der Waals surface area contributed by atoms with E-state index in [9.17, 15) is 26.4 Å². The summed E-state index contributed by atoms with van der Waals surface area (Å²) >= 11 is 0. The quantitative estimate of drug-likeness (QED) is 0.826. The Bertz CT molecular complexity index is 486. The Morgan fingerprint density at radius 3 is 2.43 bits per heavy atom. The Hall–Kier alpha value is -0.990. The molecule has 9 heteroatoms. The van der Waals surface area contributed by atoms with Gasteiger partial charge in [-0.1, -0.05) is 6.42 Å². The number of amides is 2. The van der Waals surface area contributed by atoms with Crippen molar-refractivity contribution < 1.29 is 26.4 Å². The van der Waals surface area contributed by atoms with Crippen LogP contribution in [-0.2, 0) is 9.84 Å². The van der Waals surface area contributed by atoms with Crippen molar-refractivity contribution >= 4 is 15.9 Å². The average Bonchev–Trinajstić information content (AvgIpc) is 2.29. The van der Waals surface area contributed by atoms with Gasteiger partial charge in [0.15, 0.2) is 9.84 Å². The van der Waals surface area contributed by atoms with Gasteiger partial charge in [-0.15, -0.1) is 0 Å². The van der Waals surface area contributed by atoms with Crippen LogP contribution in [0.15, 0.2) is 0 Å². The summed E-state index contributed by atoms with van der Waals surface area (Å²) in [6, 6.07) is -1.08. The van der Waals surface area contributed by atoms with Crippen molar-refractivity contribution in [3.05, 3.63) is 0 Å². The summed E-state index contributed by atoms with van der Waals surface area (Å²) in [6.07, 6.45) is -2.46. The maximum atomic E-state index is 12.3.